The van der Waals surface area contributed by atoms with Gasteiger partial charge in [0.25, 0.3) is 0 Å². The van der Waals surface area contributed by atoms with E-state index in [2.05, 4.69) is 5.32 Å². The molecule has 152 valence electrons. The number of nitrogens with one attached hydrogen (secondary N) is 1. The SMILES string of the molecule is CCOc1cc(CNC[C@H](O)c2ccccc2)ccc1OCc1cccc(Cl)c1. The molecule has 4 nitrogen and oxygen atoms in total. The molecule has 0 spiro atoms. The first-order valence-electron chi connectivity index (χ1n) is 9.72. The van der Waals surface area contributed by atoms with Gasteiger partial charge in [-0.15, -0.1) is 0 Å². The standard InChI is InChI=1S/C24H26ClNO3/c1-2-28-24-14-18(15-26-16-22(27)20-8-4-3-5-9-20)11-12-23(24)29-17-19-7-6-10-21(25)13-19/h3-14,22,26-27H,2,15-17H2,1H3/t22-/m0/s1. The Kier molecular flexibility index (Phi) is 7.94. The average Bonchev–Trinajstić information content (AvgIpc) is 2.74. The minimum absolute atomic E-state index is 0.418. The zero-order valence-corrected chi connectivity index (χ0v) is 17.2. The summed E-state index contributed by atoms with van der Waals surface area (Å²) in [6.07, 6.45) is -0.539. The summed E-state index contributed by atoms with van der Waals surface area (Å²) in [5, 5.41) is 14.2. The highest BCUT2D eigenvalue weighted by Crippen LogP contribution is 2.29. The molecular weight excluding hydrogens is 386 g/mol. The molecule has 29 heavy (non-hydrogen) atoms. The predicted octanol–water partition coefficient (Wildman–Crippen LogP) is 5.14. The molecule has 0 heterocycles. The molecule has 3 rings (SSSR count). The molecule has 5 heteroatoms. The van der Waals surface area contributed by atoms with Gasteiger partial charge >= 0.3 is 0 Å². The summed E-state index contributed by atoms with van der Waals surface area (Å²) >= 11 is 6.03. The molecule has 3 aromatic rings. The fourth-order valence-corrected chi connectivity index (χ4v) is 3.20. The number of rotatable bonds is 10. The van der Waals surface area contributed by atoms with Crippen molar-refractivity contribution in [1.82, 2.24) is 5.32 Å². The lowest BCUT2D eigenvalue weighted by Gasteiger charge is -2.15. The van der Waals surface area contributed by atoms with Crippen LogP contribution in [0.5, 0.6) is 11.5 Å². The van der Waals surface area contributed by atoms with Crippen LogP contribution in [0.4, 0.5) is 0 Å². The van der Waals surface area contributed by atoms with Crippen LogP contribution in [0, 0.1) is 0 Å². The number of hydrogen-bond donors (Lipinski definition) is 2. The van der Waals surface area contributed by atoms with Gasteiger partial charge in [0.1, 0.15) is 6.61 Å². The molecule has 0 saturated heterocycles. The lowest BCUT2D eigenvalue weighted by molar-refractivity contribution is 0.174. The Labute approximate surface area is 177 Å². The van der Waals surface area contributed by atoms with E-state index in [1.54, 1.807) is 0 Å². The highest BCUT2D eigenvalue weighted by molar-refractivity contribution is 6.30. The van der Waals surface area contributed by atoms with Crippen LogP contribution in [0.3, 0.4) is 0 Å². The normalized spacial score (nSPS) is 11.8. The molecule has 0 aliphatic rings. The molecule has 0 aliphatic carbocycles. The summed E-state index contributed by atoms with van der Waals surface area (Å²) in [4.78, 5) is 0. The quantitative estimate of drug-likeness (QED) is 0.485. The van der Waals surface area contributed by atoms with Crippen LogP contribution < -0.4 is 14.8 Å². The summed E-state index contributed by atoms with van der Waals surface area (Å²) in [7, 11) is 0. The van der Waals surface area contributed by atoms with Crippen molar-refractivity contribution in [2.45, 2.75) is 26.2 Å². The Bertz CT molecular complexity index is 902. The number of aliphatic hydroxyl groups excluding tert-OH is 1. The highest BCUT2D eigenvalue weighted by Gasteiger charge is 2.09. The third kappa shape index (κ3) is 6.50. The lowest BCUT2D eigenvalue weighted by Crippen LogP contribution is -2.21. The minimum Gasteiger partial charge on any atom is -0.490 e. The van der Waals surface area contributed by atoms with Gasteiger partial charge in [-0.1, -0.05) is 60.1 Å². The largest absolute Gasteiger partial charge is 0.490 e. The van der Waals surface area contributed by atoms with Gasteiger partial charge in [0.15, 0.2) is 11.5 Å². The maximum Gasteiger partial charge on any atom is 0.161 e. The van der Waals surface area contributed by atoms with Gasteiger partial charge in [0, 0.05) is 18.1 Å². The van der Waals surface area contributed by atoms with E-state index < -0.39 is 6.10 Å². The smallest absolute Gasteiger partial charge is 0.161 e. The first-order valence-corrected chi connectivity index (χ1v) is 10.1. The van der Waals surface area contributed by atoms with E-state index in [1.165, 1.54) is 0 Å². The van der Waals surface area contributed by atoms with Crippen LogP contribution in [-0.2, 0) is 13.2 Å². The molecule has 0 radical (unpaired) electrons. The highest BCUT2D eigenvalue weighted by atomic mass is 35.5. The molecule has 1 atom stereocenters. The van der Waals surface area contributed by atoms with Crippen molar-refractivity contribution in [3.8, 4) is 11.5 Å². The first kappa shape index (κ1) is 21.2. The summed E-state index contributed by atoms with van der Waals surface area (Å²) in [6.45, 7) is 4.01. The monoisotopic (exact) mass is 411 g/mol. The van der Waals surface area contributed by atoms with Gasteiger partial charge in [-0.3, -0.25) is 0 Å². The third-order valence-corrected chi connectivity index (χ3v) is 4.68. The Morgan fingerprint density at radius 1 is 0.897 bits per heavy atom. The fraction of sp³-hybridized carbons (Fsp3) is 0.250. The zero-order valence-electron chi connectivity index (χ0n) is 16.5. The van der Waals surface area contributed by atoms with Crippen molar-refractivity contribution in [2.24, 2.45) is 0 Å². The summed E-state index contributed by atoms with van der Waals surface area (Å²) in [5.74, 6) is 1.40. The van der Waals surface area contributed by atoms with Gasteiger partial charge < -0.3 is 19.9 Å². The van der Waals surface area contributed by atoms with Crippen LogP contribution in [-0.4, -0.2) is 18.3 Å². The van der Waals surface area contributed by atoms with E-state index in [4.69, 9.17) is 21.1 Å². The number of benzene rings is 3. The van der Waals surface area contributed by atoms with Crippen LogP contribution in [0.15, 0.2) is 72.8 Å². The molecule has 0 bridgehead atoms. The molecule has 2 N–H and O–H groups in total. The van der Waals surface area contributed by atoms with Gasteiger partial charge in [0.05, 0.1) is 12.7 Å². The topological polar surface area (TPSA) is 50.7 Å². The van der Waals surface area contributed by atoms with E-state index in [1.807, 2.05) is 79.7 Å². The zero-order chi connectivity index (χ0) is 20.5. The average molecular weight is 412 g/mol. The van der Waals surface area contributed by atoms with Crippen molar-refractivity contribution in [3.63, 3.8) is 0 Å². The minimum atomic E-state index is -0.539. The summed E-state index contributed by atoms with van der Waals surface area (Å²) < 4.78 is 11.7. The van der Waals surface area contributed by atoms with Gasteiger partial charge in [-0.25, -0.2) is 0 Å². The molecule has 0 aliphatic heterocycles. The predicted molar refractivity (Wildman–Crippen MR) is 117 cm³/mol. The van der Waals surface area contributed by atoms with Crippen molar-refractivity contribution in [3.05, 3.63) is 94.5 Å². The molecule has 0 aromatic heterocycles. The second kappa shape index (κ2) is 10.9. The van der Waals surface area contributed by atoms with E-state index >= 15 is 0 Å². The van der Waals surface area contributed by atoms with E-state index in [0.29, 0.717) is 42.8 Å². The van der Waals surface area contributed by atoms with Crippen molar-refractivity contribution in [2.75, 3.05) is 13.2 Å². The maximum absolute atomic E-state index is 10.3. The molecule has 0 amide bonds. The molecular formula is C24H26ClNO3. The molecule has 0 unspecified atom stereocenters. The Hall–Kier alpha value is -2.53. The van der Waals surface area contributed by atoms with Gasteiger partial charge in [-0.05, 0) is 47.9 Å². The van der Waals surface area contributed by atoms with Gasteiger partial charge in [0.2, 0.25) is 0 Å². The summed E-state index contributed by atoms with van der Waals surface area (Å²) in [5.41, 5.74) is 2.96. The van der Waals surface area contributed by atoms with Gasteiger partial charge in [-0.2, -0.15) is 0 Å². The number of ether oxygens (including phenoxy) is 2. The maximum atomic E-state index is 10.3. The Morgan fingerprint density at radius 2 is 1.72 bits per heavy atom. The van der Waals surface area contributed by atoms with Crippen LogP contribution in [0.25, 0.3) is 0 Å². The Balaban J connectivity index is 1.58. The van der Waals surface area contributed by atoms with E-state index in [0.717, 1.165) is 16.7 Å². The molecule has 0 fully saturated rings. The number of halogens is 1. The third-order valence-electron chi connectivity index (χ3n) is 4.44. The van der Waals surface area contributed by atoms with Crippen molar-refractivity contribution < 1.29 is 14.6 Å². The second-order valence-corrected chi connectivity index (χ2v) is 7.13. The van der Waals surface area contributed by atoms with Crippen molar-refractivity contribution in [1.29, 1.82) is 0 Å². The lowest BCUT2D eigenvalue weighted by atomic mass is 10.1. The fourth-order valence-electron chi connectivity index (χ4n) is 2.98. The van der Waals surface area contributed by atoms with E-state index in [-0.39, 0.29) is 0 Å². The van der Waals surface area contributed by atoms with E-state index in [9.17, 15) is 5.11 Å². The Morgan fingerprint density at radius 3 is 2.48 bits per heavy atom. The van der Waals surface area contributed by atoms with Crippen LogP contribution >= 0.6 is 11.6 Å². The van der Waals surface area contributed by atoms with Crippen LogP contribution in [0.1, 0.15) is 29.7 Å². The summed E-state index contributed by atoms with van der Waals surface area (Å²) in [6, 6.07) is 23.1. The van der Waals surface area contributed by atoms with Crippen molar-refractivity contribution >= 4 is 11.6 Å². The van der Waals surface area contributed by atoms with Crippen LogP contribution in [0.2, 0.25) is 5.02 Å². The number of hydrogen-bond acceptors (Lipinski definition) is 4. The first-order chi connectivity index (χ1) is 14.2. The second-order valence-electron chi connectivity index (χ2n) is 6.69. The number of aliphatic hydroxyl groups is 1. The molecule has 0 saturated carbocycles. The molecule has 3 aromatic carbocycles.